The van der Waals surface area contributed by atoms with Gasteiger partial charge in [-0.3, -0.25) is 53.2 Å². The summed E-state index contributed by atoms with van der Waals surface area (Å²) in [5.41, 5.74) is 6.19. The fourth-order valence-corrected chi connectivity index (χ4v) is 10.8. The monoisotopic (exact) mass is 1300 g/mol. The number of halogens is 2. The summed E-state index contributed by atoms with van der Waals surface area (Å²) in [6.07, 6.45) is 0.828. The highest BCUT2D eigenvalue weighted by Gasteiger charge is 2.32. The molecule has 0 spiro atoms. The Morgan fingerprint density at radius 2 is 1.27 bits per heavy atom. The Bertz CT molecular complexity index is 2990. The van der Waals surface area contributed by atoms with Gasteiger partial charge in [-0.1, -0.05) is 35.3 Å². The van der Waals surface area contributed by atoms with Crippen LogP contribution in [-0.2, 0) is 63.9 Å². The highest BCUT2D eigenvalue weighted by molar-refractivity contribution is 6.34. The second-order valence-corrected chi connectivity index (χ2v) is 22.9. The molecule has 27 nitrogen and oxygen atoms in total. The molecule has 2 fully saturated rings. The molecular weight excluding hydrogens is 1220 g/mol. The number of rotatable bonds is 31. The fraction of sp³-hybridized carbons (Fsp3) is 0.541. The summed E-state index contributed by atoms with van der Waals surface area (Å²) in [4.78, 5) is 91.6. The minimum atomic E-state index is -1.18. The molecule has 29 heteroatoms. The number of morpholine rings is 1. The van der Waals surface area contributed by atoms with Crippen molar-refractivity contribution in [1.82, 2.24) is 39.6 Å². The number of nitrogens with zero attached hydrogens (tertiary/aromatic N) is 7. The van der Waals surface area contributed by atoms with Crippen molar-refractivity contribution in [2.75, 3.05) is 164 Å². The Morgan fingerprint density at radius 3 is 1.80 bits per heavy atom. The van der Waals surface area contributed by atoms with E-state index in [9.17, 15) is 54.0 Å². The lowest BCUT2D eigenvalue weighted by Crippen LogP contribution is -2.52. The molecule has 1 aromatic heterocycles. The van der Waals surface area contributed by atoms with Crippen LogP contribution in [0.1, 0.15) is 44.4 Å². The number of hydrogen-bond donors (Lipinski definition) is 6. The largest absolute Gasteiger partial charge is 0.496 e. The summed E-state index contributed by atoms with van der Waals surface area (Å²) in [5, 5.41) is 50.1. The summed E-state index contributed by atoms with van der Waals surface area (Å²) in [5.74, 6) is -3.85. The van der Waals surface area contributed by atoms with Crippen LogP contribution in [0, 0.1) is 6.92 Å². The van der Waals surface area contributed by atoms with Gasteiger partial charge in [-0.05, 0) is 69.2 Å². The number of carbonyl (C=O) groups is 7. The molecule has 6 N–H and O–H groups in total. The van der Waals surface area contributed by atoms with Gasteiger partial charge in [0.25, 0.3) is 0 Å². The molecule has 1 atom stereocenters. The molecule has 0 saturated carbocycles. The zero-order valence-corrected chi connectivity index (χ0v) is 52.8. The Morgan fingerprint density at radius 1 is 0.700 bits per heavy atom. The average Bonchev–Trinajstić information content (AvgIpc) is 1.59. The third-order valence-corrected chi connectivity index (χ3v) is 15.4. The van der Waals surface area contributed by atoms with E-state index in [1.165, 1.54) is 0 Å². The molecule has 4 heterocycles. The number of aryl methyl sites for hydroxylation is 1. The van der Waals surface area contributed by atoms with E-state index in [-0.39, 0.29) is 142 Å². The van der Waals surface area contributed by atoms with Crippen molar-refractivity contribution in [3.63, 3.8) is 0 Å². The van der Waals surface area contributed by atoms with Crippen LogP contribution < -0.4 is 20.1 Å². The van der Waals surface area contributed by atoms with E-state index < -0.39 is 35.8 Å². The number of anilines is 1. The topological polar surface area (TPSA) is 323 Å². The maximum atomic E-state index is 12.9. The van der Waals surface area contributed by atoms with Gasteiger partial charge in [0.1, 0.15) is 24.1 Å². The highest BCUT2D eigenvalue weighted by Crippen LogP contribution is 2.46. The lowest BCUT2D eigenvalue weighted by atomic mass is 9.96. The van der Waals surface area contributed by atoms with Crippen molar-refractivity contribution < 1.29 is 87.1 Å². The van der Waals surface area contributed by atoms with Crippen molar-refractivity contribution >= 4 is 71.0 Å². The van der Waals surface area contributed by atoms with E-state index in [1.54, 1.807) is 55.9 Å². The second kappa shape index (κ2) is 36.7. The van der Waals surface area contributed by atoms with Gasteiger partial charge in [-0.25, -0.2) is 4.68 Å². The number of fused-ring (bicyclic) bond motifs is 3. The summed E-state index contributed by atoms with van der Waals surface area (Å²) in [6.45, 7) is 10.8. The van der Waals surface area contributed by atoms with Gasteiger partial charge in [0.2, 0.25) is 18.2 Å². The van der Waals surface area contributed by atoms with E-state index in [0.717, 1.165) is 46.6 Å². The summed E-state index contributed by atoms with van der Waals surface area (Å²) in [6, 6.07) is 15.5. The predicted molar refractivity (Wildman–Crippen MR) is 332 cm³/mol. The zero-order chi connectivity index (χ0) is 65.2. The molecule has 3 aliphatic heterocycles. The van der Waals surface area contributed by atoms with E-state index in [4.69, 9.17) is 61.5 Å². The lowest BCUT2D eigenvalue weighted by Gasteiger charge is -2.39. The predicted octanol–water partition coefficient (Wildman–Crippen LogP) is 4.20. The molecule has 1 unspecified atom stereocenters. The number of aliphatic carboxylic acids is 4. The Hall–Kier alpha value is -7.02. The first-order chi connectivity index (χ1) is 43.1. The highest BCUT2D eigenvalue weighted by atomic mass is 35.5. The van der Waals surface area contributed by atoms with E-state index in [1.807, 2.05) is 55.8 Å². The molecule has 3 aliphatic rings. The van der Waals surface area contributed by atoms with Crippen molar-refractivity contribution in [2.24, 2.45) is 0 Å². The maximum Gasteiger partial charge on any atom is 0.320 e. The molecular formula is C61H83Cl2N9O18. The van der Waals surface area contributed by atoms with Crippen LogP contribution in [0.2, 0.25) is 10.0 Å². The normalized spacial score (nSPS) is 16.1. The van der Waals surface area contributed by atoms with E-state index in [2.05, 4.69) is 10.6 Å². The smallest absolute Gasteiger partial charge is 0.320 e. The molecule has 0 radical (unpaired) electrons. The molecule has 2 saturated heterocycles. The summed E-state index contributed by atoms with van der Waals surface area (Å²) in [7, 11) is 1.59. The molecule has 494 valence electrons. The van der Waals surface area contributed by atoms with Crippen LogP contribution in [0.15, 0.2) is 54.6 Å². The SMILES string of the molecule is CC1(C)COCCN1C=O.COc1cc2c(cc1-c1cccc(NC(=O)CCOCCOCCOCCOCCNC(=O)CCC(C(=O)O)N3CCN(CC(=O)O)CCN(CC(=O)O)CCN(CC(=O)O)CC3)c1)-c1c(c(C)nn1-c1cc(Cl)cc(Cl)c1)CO2. The van der Waals surface area contributed by atoms with Crippen LogP contribution in [0.5, 0.6) is 11.5 Å². The Labute approximate surface area is 532 Å². The zero-order valence-electron chi connectivity index (χ0n) is 51.3. The average molecular weight is 1300 g/mol. The van der Waals surface area contributed by atoms with Gasteiger partial charge in [0.05, 0.1) is 122 Å². The van der Waals surface area contributed by atoms with Gasteiger partial charge in [0.15, 0.2) is 0 Å². The molecule has 0 bridgehead atoms. The van der Waals surface area contributed by atoms with Crippen LogP contribution >= 0.6 is 23.2 Å². The fourth-order valence-electron chi connectivity index (χ4n) is 10.2. The van der Waals surface area contributed by atoms with Crippen LogP contribution in [0.25, 0.3) is 28.1 Å². The number of carboxylic acid groups (broad SMARTS) is 4. The number of nitrogens with one attached hydrogen (secondary N) is 2. The lowest BCUT2D eigenvalue weighted by molar-refractivity contribution is -0.145. The van der Waals surface area contributed by atoms with Gasteiger partial charge in [-0.15, -0.1) is 0 Å². The number of carboxylic acids is 4. The first-order valence-corrected chi connectivity index (χ1v) is 30.4. The maximum absolute atomic E-state index is 12.9. The van der Waals surface area contributed by atoms with E-state index >= 15 is 0 Å². The van der Waals surface area contributed by atoms with Gasteiger partial charge < -0.3 is 69.1 Å². The van der Waals surface area contributed by atoms with Crippen LogP contribution in [0.4, 0.5) is 5.69 Å². The number of benzene rings is 3. The molecule has 0 aliphatic carbocycles. The van der Waals surface area contributed by atoms with Gasteiger partial charge in [-0.2, -0.15) is 5.10 Å². The molecule has 7 rings (SSSR count). The third kappa shape index (κ3) is 23.3. The molecule has 90 heavy (non-hydrogen) atoms. The Balaban J connectivity index is 0.00000117. The second-order valence-electron chi connectivity index (χ2n) is 22.1. The molecule has 3 amide bonds. The van der Waals surface area contributed by atoms with Crippen molar-refractivity contribution in [3.8, 4) is 39.6 Å². The van der Waals surface area contributed by atoms with Gasteiger partial charge >= 0.3 is 23.9 Å². The first-order valence-electron chi connectivity index (χ1n) is 29.6. The number of amides is 3. The number of carbonyl (C=O) groups excluding carboxylic acids is 3. The Kier molecular flexibility index (Phi) is 29.4. The minimum absolute atomic E-state index is 0.0604. The number of methoxy groups -OCH3 is 1. The van der Waals surface area contributed by atoms with Crippen LogP contribution in [-0.4, -0.2) is 267 Å². The van der Waals surface area contributed by atoms with Crippen LogP contribution in [0.3, 0.4) is 0 Å². The number of ether oxygens (including phenoxy) is 7. The standard InChI is InChI=1S/C54H70Cl2N8O16.C7H13NO2/c1-36-44-35-80-47-31-46(75-2)42(30-43(47)53(44)64(59-36)41-28-38(55)27-39(56)29-41)37-4-3-5-40(26-37)58-49(66)8-18-76-20-22-78-24-25-79-23-21-77-19-9-57-48(65)7-6-45(54(73)74)63-16-14-61(33-51(69)70)12-10-60(32-50(67)68)11-13-62(15-17-63)34-52(71)72;1-7(2)5-10-4-3-8(7)6-9/h3-5,26-31,45H,6-25,32-35H2,1-2H3,(H,57,65)(H,58,66)(H,67,68)(H,69,70)(H,71,72)(H,73,74);6H,3-5H2,1-2H3. The van der Waals surface area contributed by atoms with E-state index in [0.29, 0.717) is 72.6 Å². The summed E-state index contributed by atoms with van der Waals surface area (Å²) < 4.78 is 41.3. The minimum Gasteiger partial charge on any atom is -0.496 e. The quantitative estimate of drug-likeness (QED) is 0.0304. The van der Waals surface area contributed by atoms with Crippen molar-refractivity contribution in [2.45, 2.75) is 58.2 Å². The third-order valence-electron chi connectivity index (χ3n) is 15.0. The van der Waals surface area contributed by atoms with Gasteiger partial charge in [0, 0.05) is 110 Å². The number of aromatic nitrogens is 2. The van der Waals surface area contributed by atoms with Crippen molar-refractivity contribution in [3.05, 3.63) is 75.9 Å². The number of hydrogen-bond acceptors (Lipinski definition) is 19. The van der Waals surface area contributed by atoms with Crippen molar-refractivity contribution in [1.29, 1.82) is 0 Å². The molecule has 3 aromatic carbocycles. The summed E-state index contributed by atoms with van der Waals surface area (Å²) >= 11 is 12.8. The molecule has 4 aromatic rings. The first kappa shape index (κ1) is 72.0.